The van der Waals surface area contributed by atoms with E-state index >= 15 is 0 Å². The van der Waals surface area contributed by atoms with Gasteiger partial charge < -0.3 is 5.11 Å². The van der Waals surface area contributed by atoms with Crippen LogP contribution in [0, 0.1) is 10.1 Å². The van der Waals surface area contributed by atoms with Gasteiger partial charge in [0.2, 0.25) is 0 Å². The molecular formula is C8H13N3O3. The van der Waals surface area contributed by atoms with E-state index in [0.29, 0.717) is 13.0 Å². The van der Waals surface area contributed by atoms with E-state index in [9.17, 15) is 10.1 Å². The van der Waals surface area contributed by atoms with E-state index in [4.69, 9.17) is 5.11 Å². The number of aliphatic hydroxyl groups excluding tert-OH is 1. The summed E-state index contributed by atoms with van der Waals surface area (Å²) in [6.07, 6.45) is 3.72. The third-order valence-corrected chi connectivity index (χ3v) is 1.84. The average Bonchev–Trinajstić information content (AvgIpc) is 2.52. The van der Waals surface area contributed by atoms with Crippen molar-refractivity contribution in [3.63, 3.8) is 0 Å². The molecule has 6 heteroatoms. The zero-order chi connectivity index (χ0) is 10.6. The summed E-state index contributed by atoms with van der Waals surface area (Å²) in [5, 5.41) is 23.1. The van der Waals surface area contributed by atoms with Crippen LogP contribution < -0.4 is 0 Å². The van der Waals surface area contributed by atoms with Crippen LogP contribution in [-0.4, -0.2) is 25.9 Å². The van der Waals surface area contributed by atoms with Crippen LogP contribution in [0.5, 0.6) is 0 Å². The standard InChI is InChI=1S/C8H13N3O3/c1-7(12)3-2-4-10-6-8(5-9-10)11(13)14/h5-7,12H,2-4H2,1H3. The molecule has 1 aromatic heterocycles. The molecule has 0 saturated carbocycles. The molecule has 0 aliphatic rings. The first kappa shape index (κ1) is 10.6. The summed E-state index contributed by atoms with van der Waals surface area (Å²) in [4.78, 5) is 9.83. The van der Waals surface area contributed by atoms with E-state index in [2.05, 4.69) is 5.10 Å². The third-order valence-electron chi connectivity index (χ3n) is 1.84. The van der Waals surface area contributed by atoms with Crippen LogP contribution in [0.2, 0.25) is 0 Å². The number of aliphatic hydroxyl groups is 1. The van der Waals surface area contributed by atoms with Crippen molar-refractivity contribution in [3.8, 4) is 0 Å². The topological polar surface area (TPSA) is 81.2 Å². The van der Waals surface area contributed by atoms with Gasteiger partial charge in [0, 0.05) is 6.54 Å². The summed E-state index contributed by atoms with van der Waals surface area (Å²) < 4.78 is 1.51. The van der Waals surface area contributed by atoms with Gasteiger partial charge in [0.25, 0.3) is 0 Å². The number of aryl methyl sites for hydroxylation is 1. The molecule has 1 atom stereocenters. The Hall–Kier alpha value is -1.43. The molecule has 0 aliphatic heterocycles. The van der Waals surface area contributed by atoms with Crippen LogP contribution in [0.1, 0.15) is 19.8 Å². The summed E-state index contributed by atoms with van der Waals surface area (Å²) in [5.41, 5.74) is 0.00190. The zero-order valence-corrected chi connectivity index (χ0v) is 7.96. The first-order valence-electron chi connectivity index (χ1n) is 4.44. The molecule has 0 bridgehead atoms. The summed E-state index contributed by atoms with van der Waals surface area (Å²) in [6.45, 7) is 2.31. The largest absolute Gasteiger partial charge is 0.393 e. The molecule has 0 amide bonds. The Morgan fingerprint density at radius 3 is 3.00 bits per heavy atom. The molecule has 6 nitrogen and oxygen atoms in total. The Morgan fingerprint density at radius 2 is 2.50 bits per heavy atom. The Bertz CT molecular complexity index is 309. The van der Waals surface area contributed by atoms with E-state index in [1.165, 1.54) is 17.1 Å². The summed E-state index contributed by atoms with van der Waals surface area (Å²) in [5.74, 6) is 0. The first-order chi connectivity index (χ1) is 6.59. The summed E-state index contributed by atoms with van der Waals surface area (Å²) in [7, 11) is 0. The number of hydrogen-bond acceptors (Lipinski definition) is 4. The van der Waals surface area contributed by atoms with Gasteiger partial charge in [-0.15, -0.1) is 0 Å². The Kier molecular flexibility index (Phi) is 3.58. The van der Waals surface area contributed by atoms with Crippen molar-refractivity contribution >= 4 is 5.69 Å². The van der Waals surface area contributed by atoms with Crippen LogP contribution in [-0.2, 0) is 6.54 Å². The second-order valence-electron chi connectivity index (χ2n) is 3.21. The zero-order valence-electron chi connectivity index (χ0n) is 7.96. The van der Waals surface area contributed by atoms with E-state index in [1.54, 1.807) is 6.92 Å². The summed E-state index contributed by atoms with van der Waals surface area (Å²) >= 11 is 0. The fraction of sp³-hybridized carbons (Fsp3) is 0.625. The minimum atomic E-state index is -0.474. The molecule has 14 heavy (non-hydrogen) atoms. The maximum Gasteiger partial charge on any atom is 0.306 e. The number of aromatic nitrogens is 2. The number of rotatable bonds is 5. The van der Waals surface area contributed by atoms with Crippen molar-refractivity contribution in [2.75, 3.05) is 0 Å². The molecule has 0 spiro atoms. The van der Waals surface area contributed by atoms with Gasteiger partial charge in [0.05, 0.1) is 11.0 Å². The SMILES string of the molecule is CC(O)CCCn1cc([N+](=O)[O-])cn1. The molecular weight excluding hydrogens is 186 g/mol. The van der Waals surface area contributed by atoms with E-state index in [0.717, 1.165) is 6.42 Å². The van der Waals surface area contributed by atoms with Gasteiger partial charge in [-0.2, -0.15) is 5.10 Å². The summed E-state index contributed by atoms with van der Waals surface area (Å²) in [6, 6.07) is 0. The maximum atomic E-state index is 10.3. The van der Waals surface area contributed by atoms with Crippen molar-refractivity contribution in [1.29, 1.82) is 0 Å². The molecule has 0 aromatic carbocycles. The highest BCUT2D eigenvalue weighted by molar-refractivity contribution is 5.20. The predicted molar refractivity (Wildman–Crippen MR) is 49.8 cm³/mol. The van der Waals surface area contributed by atoms with E-state index < -0.39 is 4.92 Å². The molecule has 1 N–H and O–H groups in total. The van der Waals surface area contributed by atoms with Crippen molar-refractivity contribution < 1.29 is 10.0 Å². The van der Waals surface area contributed by atoms with Crippen LogP contribution >= 0.6 is 0 Å². The van der Waals surface area contributed by atoms with Gasteiger partial charge in [0.1, 0.15) is 12.4 Å². The van der Waals surface area contributed by atoms with Gasteiger partial charge in [0.15, 0.2) is 0 Å². The number of nitro groups is 1. The third kappa shape index (κ3) is 3.14. The van der Waals surface area contributed by atoms with Gasteiger partial charge in [-0.05, 0) is 19.8 Å². The lowest BCUT2D eigenvalue weighted by Crippen LogP contribution is -2.04. The Labute approximate surface area is 81.3 Å². The van der Waals surface area contributed by atoms with Crippen LogP contribution in [0.15, 0.2) is 12.4 Å². The predicted octanol–water partition coefficient (Wildman–Crippen LogP) is 0.952. The lowest BCUT2D eigenvalue weighted by atomic mass is 10.2. The highest BCUT2D eigenvalue weighted by atomic mass is 16.6. The lowest BCUT2D eigenvalue weighted by Gasteiger charge is -2.02. The second-order valence-corrected chi connectivity index (χ2v) is 3.21. The maximum absolute atomic E-state index is 10.3. The Balaban J connectivity index is 2.40. The van der Waals surface area contributed by atoms with Gasteiger partial charge in [-0.1, -0.05) is 0 Å². The number of hydrogen-bond donors (Lipinski definition) is 1. The number of nitrogens with zero attached hydrogens (tertiary/aromatic N) is 3. The highest BCUT2D eigenvalue weighted by Gasteiger charge is 2.08. The monoisotopic (exact) mass is 199 g/mol. The van der Waals surface area contributed by atoms with Crippen LogP contribution in [0.3, 0.4) is 0 Å². The molecule has 78 valence electrons. The van der Waals surface area contributed by atoms with Gasteiger partial charge in [-0.3, -0.25) is 14.8 Å². The quantitative estimate of drug-likeness (QED) is 0.565. The van der Waals surface area contributed by atoms with Crippen molar-refractivity contribution in [2.45, 2.75) is 32.4 Å². The molecule has 1 aromatic rings. The first-order valence-corrected chi connectivity index (χ1v) is 4.44. The van der Waals surface area contributed by atoms with Crippen molar-refractivity contribution in [3.05, 3.63) is 22.5 Å². The molecule has 0 fully saturated rings. The molecule has 1 rings (SSSR count). The van der Waals surface area contributed by atoms with Crippen molar-refractivity contribution in [2.24, 2.45) is 0 Å². The fourth-order valence-electron chi connectivity index (χ4n) is 1.12. The van der Waals surface area contributed by atoms with Crippen molar-refractivity contribution in [1.82, 2.24) is 9.78 Å². The van der Waals surface area contributed by atoms with Gasteiger partial charge in [-0.25, -0.2) is 0 Å². The van der Waals surface area contributed by atoms with E-state index in [-0.39, 0.29) is 11.8 Å². The normalized spacial score (nSPS) is 12.7. The van der Waals surface area contributed by atoms with E-state index in [1.807, 2.05) is 0 Å². The average molecular weight is 199 g/mol. The minimum absolute atomic E-state index is 0.00190. The highest BCUT2D eigenvalue weighted by Crippen LogP contribution is 2.08. The fourth-order valence-corrected chi connectivity index (χ4v) is 1.12. The Morgan fingerprint density at radius 1 is 1.79 bits per heavy atom. The smallest absolute Gasteiger partial charge is 0.306 e. The molecule has 0 saturated heterocycles. The minimum Gasteiger partial charge on any atom is -0.393 e. The molecule has 0 radical (unpaired) electrons. The molecule has 1 unspecified atom stereocenters. The lowest BCUT2D eigenvalue weighted by molar-refractivity contribution is -0.385. The molecule has 1 heterocycles. The molecule has 0 aliphatic carbocycles. The van der Waals surface area contributed by atoms with Crippen LogP contribution in [0.25, 0.3) is 0 Å². The second kappa shape index (κ2) is 4.71. The van der Waals surface area contributed by atoms with Gasteiger partial charge >= 0.3 is 5.69 Å². The van der Waals surface area contributed by atoms with Crippen LogP contribution in [0.4, 0.5) is 5.69 Å².